The van der Waals surface area contributed by atoms with Gasteiger partial charge in [-0.25, -0.2) is 0 Å². The molecule has 2 heterocycles. The summed E-state index contributed by atoms with van der Waals surface area (Å²) in [7, 11) is 0. The van der Waals surface area contributed by atoms with Crippen LogP contribution in [0.25, 0.3) is 0 Å². The number of benzene rings is 1. The zero-order valence-corrected chi connectivity index (χ0v) is 11.8. The summed E-state index contributed by atoms with van der Waals surface area (Å²) < 4.78 is 5.24. The van der Waals surface area contributed by atoms with Crippen LogP contribution in [0.3, 0.4) is 0 Å². The van der Waals surface area contributed by atoms with Crippen molar-refractivity contribution in [1.29, 1.82) is 0 Å². The number of amides is 1. The minimum Gasteiger partial charge on any atom is -0.381 e. The summed E-state index contributed by atoms with van der Waals surface area (Å²) in [4.78, 5) is 14.3. The third-order valence-electron chi connectivity index (χ3n) is 4.24. The van der Waals surface area contributed by atoms with Gasteiger partial charge in [-0.15, -0.1) is 0 Å². The number of nitrogens with zero attached hydrogens (tertiary/aromatic N) is 1. The first-order valence-corrected chi connectivity index (χ1v) is 7.47. The van der Waals surface area contributed by atoms with Crippen LogP contribution < -0.4 is 5.32 Å². The average Bonchev–Trinajstić information content (AvgIpc) is 3.01. The molecule has 1 N–H and O–H groups in total. The molecule has 0 aromatic heterocycles. The minimum atomic E-state index is 0.0667. The van der Waals surface area contributed by atoms with Gasteiger partial charge >= 0.3 is 0 Å². The molecule has 0 saturated carbocycles. The van der Waals surface area contributed by atoms with E-state index < -0.39 is 0 Å². The van der Waals surface area contributed by atoms with Crippen LogP contribution in [0.5, 0.6) is 0 Å². The number of nitrogens with one attached hydrogen (secondary N) is 1. The van der Waals surface area contributed by atoms with E-state index in [2.05, 4.69) is 34.5 Å². The van der Waals surface area contributed by atoms with Crippen molar-refractivity contribution in [3.8, 4) is 0 Å². The largest absolute Gasteiger partial charge is 0.381 e. The minimum absolute atomic E-state index is 0.0667. The van der Waals surface area contributed by atoms with Gasteiger partial charge in [0.2, 0.25) is 5.91 Å². The van der Waals surface area contributed by atoms with Crippen molar-refractivity contribution in [2.75, 3.05) is 32.8 Å². The van der Waals surface area contributed by atoms with E-state index in [0.717, 1.165) is 45.6 Å². The van der Waals surface area contributed by atoms with E-state index in [1.807, 2.05) is 0 Å². The van der Waals surface area contributed by atoms with Gasteiger partial charge in [-0.3, -0.25) is 9.69 Å². The highest BCUT2D eigenvalue weighted by Gasteiger charge is 2.23. The molecule has 0 radical (unpaired) electrons. The Hall–Kier alpha value is -1.39. The van der Waals surface area contributed by atoms with Crippen LogP contribution in [0.15, 0.2) is 24.3 Å². The van der Waals surface area contributed by atoms with Crippen LogP contribution in [-0.4, -0.2) is 43.7 Å². The van der Waals surface area contributed by atoms with Crippen molar-refractivity contribution < 1.29 is 9.53 Å². The summed E-state index contributed by atoms with van der Waals surface area (Å²) in [6.07, 6.45) is 1.98. The molecular formula is C16H22N2O2. The van der Waals surface area contributed by atoms with Crippen LogP contribution >= 0.6 is 0 Å². The molecule has 20 heavy (non-hydrogen) atoms. The van der Waals surface area contributed by atoms with Crippen LogP contribution in [0.2, 0.25) is 0 Å². The Morgan fingerprint density at radius 3 is 3.00 bits per heavy atom. The molecule has 0 aliphatic carbocycles. The van der Waals surface area contributed by atoms with Crippen LogP contribution in [0, 0.1) is 5.92 Å². The second-order valence-corrected chi connectivity index (χ2v) is 5.65. The van der Waals surface area contributed by atoms with E-state index in [9.17, 15) is 4.79 Å². The van der Waals surface area contributed by atoms with Crippen molar-refractivity contribution in [1.82, 2.24) is 10.2 Å². The van der Waals surface area contributed by atoms with Gasteiger partial charge in [-0.2, -0.15) is 0 Å². The van der Waals surface area contributed by atoms with Gasteiger partial charge in [0.15, 0.2) is 0 Å². The van der Waals surface area contributed by atoms with Crippen molar-refractivity contribution in [2.45, 2.75) is 19.4 Å². The van der Waals surface area contributed by atoms with Crippen LogP contribution in [0.1, 0.15) is 17.5 Å². The molecule has 108 valence electrons. The topological polar surface area (TPSA) is 41.6 Å². The Balaban J connectivity index is 1.42. The maximum Gasteiger partial charge on any atom is 0.225 e. The Kier molecular flexibility index (Phi) is 4.33. The molecule has 2 aliphatic rings. The molecule has 0 bridgehead atoms. The van der Waals surface area contributed by atoms with Crippen LogP contribution in [0.4, 0.5) is 0 Å². The van der Waals surface area contributed by atoms with E-state index in [0.29, 0.717) is 6.61 Å². The number of rotatable bonds is 4. The highest BCUT2D eigenvalue weighted by molar-refractivity contribution is 5.78. The molecule has 3 rings (SSSR count). The standard InChI is InChI=1S/C16H22N2O2/c19-16(15-6-10-20-12-15)17-7-9-18-8-5-13-3-1-2-4-14(13)11-18/h1-4,15H,5-12H2,(H,17,19)/t15-/m0/s1. The third-order valence-corrected chi connectivity index (χ3v) is 4.24. The molecule has 1 atom stereocenters. The predicted molar refractivity (Wildman–Crippen MR) is 77.4 cm³/mol. The fourth-order valence-electron chi connectivity index (χ4n) is 2.97. The first-order chi connectivity index (χ1) is 9.83. The summed E-state index contributed by atoms with van der Waals surface area (Å²) in [5, 5.41) is 3.04. The monoisotopic (exact) mass is 274 g/mol. The smallest absolute Gasteiger partial charge is 0.225 e. The zero-order chi connectivity index (χ0) is 13.8. The highest BCUT2D eigenvalue weighted by Crippen LogP contribution is 2.18. The Bertz CT molecular complexity index is 469. The van der Waals surface area contributed by atoms with Gasteiger partial charge < -0.3 is 10.1 Å². The van der Waals surface area contributed by atoms with Gasteiger partial charge in [0, 0.05) is 32.8 Å². The fraction of sp³-hybridized carbons (Fsp3) is 0.562. The van der Waals surface area contributed by atoms with E-state index >= 15 is 0 Å². The molecule has 1 aromatic carbocycles. The number of hydrogen-bond donors (Lipinski definition) is 1. The first-order valence-electron chi connectivity index (χ1n) is 7.47. The zero-order valence-electron chi connectivity index (χ0n) is 11.8. The molecule has 0 spiro atoms. The lowest BCUT2D eigenvalue weighted by molar-refractivity contribution is -0.125. The Morgan fingerprint density at radius 2 is 2.20 bits per heavy atom. The molecular weight excluding hydrogens is 252 g/mol. The first kappa shape index (κ1) is 13.6. The SMILES string of the molecule is O=C(NCCN1CCc2ccccc2C1)[C@H]1CCOC1. The van der Waals surface area contributed by atoms with Crippen LogP contribution in [-0.2, 0) is 22.5 Å². The normalized spacial score (nSPS) is 22.5. The van der Waals surface area contributed by atoms with E-state index in [1.54, 1.807) is 0 Å². The van der Waals surface area contributed by atoms with E-state index in [-0.39, 0.29) is 11.8 Å². The van der Waals surface area contributed by atoms with E-state index in [1.165, 1.54) is 11.1 Å². The molecule has 1 fully saturated rings. The summed E-state index contributed by atoms with van der Waals surface area (Å²) in [6, 6.07) is 8.63. The molecule has 4 nitrogen and oxygen atoms in total. The summed E-state index contributed by atoms with van der Waals surface area (Å²) in [5.74, 6) is 0.219. The lowest BCUT2D eigenvalue weighted by atomic mass is 10.00. The van der Waals surface area contributed by atoms with Crippen molar-refractivity contribution >= 4 is 5.91 Å². The quantitative estimate of drug-likeness (QED) is 0.897. The number of carbonyl (C=O) groups is 1. The summed E-state index contributed by atoms with van der Waals surface area (Å²) in [5.41, 5.74) is 2.89. The maximum absolute atomic E-state index is 11.9. The van der Waals surface area contributed by atoms with Gasteiger partial charge in [-0.1, -0.05) is 24.3 Å². The molecule has 2 aliphatic heterocycles. The summed E-state index contributed by atoms with van der Waals surface area (Å²) >= 11 is 0. The lowest BCUT2D eigenvalue weighted by Gasteiger charge is -2.28. The Labute approximate surface area is 120 Å². The fourth-order valence-corrected chi connectivity index (χ4v) is 2.97. The second-order valence-electron chi connectivity index (χ2n) is 5.65. The Morgan fingerprint density at radius 1 is 1.35 bits per heavy atom. The van der Waals surface area contributed by atoms with Gasteiger partial charge in [-0.05, 0) is 24.0 Å². The number of hydrogen-bond acceptors (Lipinski definition) is 3. The molecule has 4 heteroatoms. The summed E-state index contributed by atoms with van der Waals surface area (Å²) in [6.45, 7) is 5.05. The highest BCUT2D eigenvalue weighted by atomic mass is 16.5. The predicted octanol–water partition coefficient (Wildman–Crippen LogP) is 1.20. The molecule has 1 aromatic rings. The van der Waals surface area contributed by atoms with Gasteiger partial charge in [0.1, 0.15) is 0 Å². The van der Waals surface area contributed by atoms with Crippen molar-refractivity contribution in [3.63, 3.8) is 0 Å². The van der Waals surface area contributed by atoms with Gasteiger partial charge in [0.25, 0.3) is 0 Å². The third kappa shape index (κ3) is 3.19. The molecule has 1 saturated heterocycles. The molecule has 0 unspecified atom stereocenters. The second kappa shape index (κ2) is 6.37. The molecule has 1 amide bonds. The van der Waals surface area contributed by atoms with E-state index in [4.69, 9.17) is 4.74 Å². The maximum atomic E-state index is 11.9. The number of fused-ring (bicyclic) bond motifs is 1. The number of ether oxygens (including phenoxy) is 1. The lowest BCUT2D eigenvalue weighted by Crippen LogP contribution is -2.39. The van der Waals surface area contributed by atoms with Crippen molar-refractivity contribution in [3.05, 3.63) is 35.4 Å². The average molecular weight is 274 g/mol. The van der Waals surface area contributed by atoms with Gasteiger partial charge in [0.05, 0.1) is 12.5 Å². The number of carbonyl (C=O) groups excluding carboxylic acids is 1. The van der Waals surface area contributed by atoms with Crippen molar-refractivity contribution in [2.24, 2.45) is 5.92 Å².